The maximum absolute atomic E-state index is 7.22. The number of nitrogens with one attached hydrogen (secondary N) is 1. The number of nitrogen functional groups attached to an aromatic ring is 1. The zero-order valence-electron chi connectivity index (χ0n) is 7.29. The summed E-state index contributed by atoms with van der Waals surface area (Å²) in [5, 5.41) is 10.1. The van der Waals surface area contributed by atoms with Gasteiger partial charge in [0.2, 0.25) is 0 Å². The Morgan fingerprint density at radius 1 is 1.54 bits per heavy atom. The molecule has 0 aromatic carbocycles. The van der Waals surface area contributed by atoms with Gasteiger partial charge in [-0.05, 0) is 12.8 Å². The van der Waals surface area contributed by atoms with Gasteiger partial charge in [-0.3, -0.25) is 5.41 Å². The number of thiazole rings is 1. The second-order valence-corrected chi connectivity index (χ2v) is 3.96. The highest BCUT2D eigenvalue weighted by molar-refractivity contribution is 7.13. The van der Waals surface area contributed by atoms with Crippen LogP contribution in [-0.4, -0.2) is 23.9 Å². The average molecular weight is 196 g/mol. The maximum Gasteiger partial charge on any atom is 0.185 e. The van der Waals surface area contributed by atoms with E-state index in [0.717, 1.165) is 18.2 Å². The van der Waals surface area contributed by atoms with Crippen molar-refractivity contribution in [3.8, 4) is 0 Å². The molecule has 1 aromatic heterocycles. The van der Waals surface area contributed by atoms with Crippen LogP contribution in [0, 0.1) is 5.41 Å². The lowest BCUT2D eigenvalue weighted by Crippen LogP contribution is -2.18. The summed E-state index contributed by atoms with van der Waals surface area (Å²) < 4.78 is 0. The Bertz CT molecular complexity index is 314. The lowest BCUT2D eigenvalue weighted by molar-refractivity contribution is 0.949. The van der Waals surface area contributed by atoms with Crippen molar-refractivity contribution in [2.45, 2.75) is 12.8 Å². The number of rotatable bonds is 2. The number of amidine groups is 1. The third-order valence-electron chi connectivity index (χ3n) is 2.14. The van der Waals surface area contributed by atoms with Crippen LogP contribution in [0.5, 0.6) is 0 Å². The van der Waals surface area contributed by atoms with Crippen LogP contribution >= 0.6 is 11.3 Å². The molecule has 1 fully saturated rings. The van der Waals surface area contributed by atoms with E-state index >= 15 is 0 Å². The van der Waals surface area contributed by atoms with E-state index in [1.807, 2.05) is 5.38 Å². The number of hydrogen-bond donors (Lipinski definition) is 2. The molecule has 0 saturated carbocycles. The first-order valence-electron chi connectivity index (χ1n) is 4.32. The van der Waals surface area contributed by atoms with Crippen LogP contribution in [0.25, 0.3) is 0 Å². The van der Waals surface area contributed by atoms with Crippen LogP contribution in [0.4, 0.5) is 5.13 Å². The maximum atomic E-state index is 7.22. The first-order valence-corrected chi connectivity index (χ1v) is 5.20. The van der Waals surface area contributed by atoms with E-state index in [9.17, 15) is 0 Å². The van der Waals surface area contributed by atoms with Crippen LogP contribution in [0.2, 0.25) is 0 Å². The first-order chi connectivity index (χ1) is 6.27. The number of aromatic nitrogens is 1. The predicted molar refractivity (Wildman–Crippen MR) is 54.6 cm³/mol. The molecule has 70 valence electrons. The zero-order valence-corrected chi connectivity index (χ0v) is 8.10. The van der Waals surface area contributed by atoms with Crippen LogP contribution < -0.4 is 10.6 Å². The summed E-state index contributed by atoms with van der Waals surface area (Å²) in [6.45, 7) is 2.18. The van der Waals surface area contributed by atoms with Gasteiger partial charge in [-0.15, -0.1) is 11.3 Å². The molecular weight excluding hydrogens is 184 g/mol. The SMILES string of the molecule is N=C(N)c1csc(N2CCCC2)n1. The monoisotopic (exact) mass is 196 g/mol. The molecule has 0 spiro atoms. The van der Waals surface area contributed by atoms with Gasteiger partial charge in [-0.25, -0.2) is 4.98 Å². The van der Waals surface area contributed by atoms with E-state index in [0.29, 0.717) is 5.69 Å². The minimum atomic E-state index is 0.0571. The molecule has 0 aliphatic carbocycles. The molecule has 0 radical (unpaired) electrons. The van der Waals surface area contributed by atoms with Crippen molar-refractivity contribution >= 4 is 22.3 Å². The summed E-state index contributed by atoms with van der Waals surface area (Å²) in [6.07, 6.45) is 2.49. The van der Waals surface area contributed by atoms with Gasteiger partial charge in [0.25, 0.3) is 0 Å². The van der Waals surface area contributed by atoms with Gasteiger partial charge >= 0.3 is 0 Å². The van der Waals surface area contributed by atoms with E-state index in [2.05, 4.69) is 9.88 Å². The minimum absolute atomic E-state index is 0.0571. The van der Waals surface area contributed by atoms with Crippen molar-refractivity contribution in [1.29, 1.82) is 5.41 Å². The van der Waals surface area contributed by atoms with Crippen molar-refractivity contribution in [2.24, 2.45) is 5.73 Å². The molecule has 1 aliphatic rings. The molecule has 0 amide bonds. The quantitative estimate of drug-likeness (QED) is 0.548. The first kappa shape index (κ1) is 8.50. The Hall–Kier alpha value is -1.10. The fraction of sp³-hybridized carbons (Fsp3) is 0.500. The van der Waals surface area contributed by atoms with E-state index in [1.165, 1.54) is 12.8 Å². The van der Waals surface area contributed by atoms with Gasteiger partial charge in [0.1, 0.15) is 11.5 Å². The average Bonchev–Trinajstić information content (AvgIpc) is 2.75. The Kier molecular flexibility index (Phi) is 2.18. The Labute approximate surface area is 80.9 Å². The molecule has 0 atom stereocenters. The Balaban J connectivity index is 2.16. The van der Waals surface area contributed by atoms with Gasteiger partial charge < -0.3 is 10.6 Å². The van der Waals surface area contributed by atoms with E-state index in [-0.39, 0.29) is 5.84 Å². The fourth-order valence-corrected chi connectivity index (χ4v) is 2.32. The summed E-state index contributed by atoms with van der Waals surface area (Å²) in [6, 6.07) is 0. The largest absolute Gasteiger partial charge is 0.382 e. The summed E-state index contributed by atoms with van der Waals surface area (Å²) in [7, 11) is 0. The fourth-order valence-electron chi connectivity index (χ4n) is 1.44. The van der Waals surface area contributed by atoms with Crippen molar-refractivity contribution in [3.63, 3.8) is 0 Å². The van der Waals surface area contributed by atoms with Crippen molar-refractivity contribution in [3.05, 3.63) is 11.1 Å². The normalized spacial score (nSPS) is 16.5. The highest BCUT2D eigenvalue weighted by Crippen LogP contribution is 2.23. The summed E-state index contributed by atoms with van der Waals surface area (Å²) in [4.78, 5) is 6.53. The molecule has 3 N–H and O–H groups in total. The van der Waals surface area contributed by atoms with Gasteiger partial charge in [0.15, 0.2) is 5.13 Å². The molecule has 5 heteroatoms. The van der Waals surface area contributed by atoms with Crippen LogP contribution in [0.1, 0.15) is 18.5 Å². The minimum Gasteiger partial charge on any atom is -0.382 e. The molecule has 1 aliphatic heterocycles. The van der Waals surface area contributed by atoms with E-state index in [1.54, 1.807) is 11.3 Å². The lowest BCUT2D eigenvalue weighted by Gasteiger charge is -2.11. The second kappa shape index (κ2) is 3.33. The molecule has 0 bridgehead atoms. The molecule has 2 rings (SSSR count). The Morgan fingerprint density at radius 2 is 2.23 bits per heavy atom. The van der Waals surface area contributed by atoms with Gasteiger partial charge in [0, 0.05) is 18.5 Å². The third-order valence-corrected chi connectivity index (χ3v) is 3.05. The number of hydrogen-bond acceptors (Lipinski definition) is 4. The van der Waals surface area contributed by atoms with Gasteiger partial charge in [-0.1, -0.05) is 0 Å². The third kappa shape index (κ3) is 1.65. The van der Waals surface area contributed by atoms with Crippen molar-refractivity contribution < 1.29 is 0 Å². The highest BCUT2D eigenvalue weighted by atomic mass is 32.1. The topological polar surface area (TPSA) is 66.0 Å². The molecule has 4 nitrogen and oxygen atoms in total. The highest BCUT2D eigenvalue weighted by Gasteiger charge is 2.15. The summed E-state index contributed by atoms with van der Waals surface area (Å²) in [5.41, 5.74) is 5.94. The molecule has 0 unspecified atom stereocenters. The second-order valence-electron chi connectivity index (χ2n) is 3.12. The van der Waals surface area contributed by atoms with Crippen LogP contribution in [0.15, 0.2) is 5.38 Å². The molecule has 2 heterocycles. The molecule has 1 aromatic rings. The number of anilines is 1. The van der Waals surface area contributed by atoms with E-state index in [4.69, 9.17) is 11.1 Å². The van der Waals surface area contributed by atoms with Crippen molar-refractivity contribution in [2.75, 3.05) is 18.0 Å². The number of nitrogens with zero attached hydrogens (tertiary/aromatic N) is 2. The molecule has 1 saturated heterocycles. The Morgan fingerprint density at radius 3 is 2.77 bits per heavy atom. The smallest absolute Gasteiger partial charge is 0.185 e. The lowest BCUT2D eigenvalue weighted by atomic mass is 10.4. The summed E-state index contributed by atoms with van der Waals surface area (Å²) in [5.74, 6) is 0.0571. The zero-order chi connectivity index (χ0) is 9.26. The van der Waals surface area contributed by atoms with Crippen molar-refractivity contribution in [1.82, 2.24) is 4.98 Å². The number of nitrogens with two attached hydrogens (primary N) is 1. The van der Waals surface area contributed by atoms with E-state index < -0.39 is 0 Å². The predicted octanol–water partition coefficient (Wildman–Crippen LogP) is 1.03. The molecule has 13 heavy (non-hydrogen) atoms. The standard InChI is InChI=1S/C8H12N4S/c9-7(10)6-5-13-8(11-6)12-3-1-2-4-12/h5H,1-4H2,(H3,9,10). The van der Waals surface area contributed by atoms with Gasteiger partial charge in [0.05, 0.1) is 0 Å². The van der Waals surface area contributed by atoms with Crippen LogP contribution in [0.3, 0.4) is 0 Å². The van der Waals surface area contributed by atoms with Crippen LogP contribution in [-0.2, 0) is 0 Å². The summed E-state index contributed by atoms with van der Waals surface area (Å²) >= 11 is 1.57. The molecular formula is C8H12N4S. The van der Waals surface area contributed by atoms with Gasteiger partial charge in [-0.2, -0.15) is 0 Å².